The number of fused-ring (bicyclic) bond motifs is 6. The minimum atomic E-state index is 0.201. The van der Waals surface area contributed by atoms with Crippen LogP contribution < -0.4 is 10.2 Å². The van der Waals surface area contributed by atoms with Crippen molar-refractivity contribution in [1.29, 1.82) is 0 Å². The van der Waals surface area contributed by atoms with Crippen LogP contribution in [0.4, 0.5) is 22.7 Å². The Kier molecular flexibility index (Phi) is 7.51. The van der Waals surface area contributed by atoms with Gasteiger partial charge in [-0.15, -0.1) is 0 Å². The highest BCUT2D eigenvalue weighted by molar-refractivity contribution is 8.00. The first kappa shape index (κ1) is 30.5. The molecule has 0 saturated heterocycles. The lowest BCUT2D eigenvalue weighted by molar-refractivity contribution is 1.14. The van der Waals surface area contributed by atoms with Crippen molar-refractivity contribution in [2.45, 2.75) is 10.3 Å². The molecule has 0 fully saturated rings. The first-order valence-electron chi connectivity index (χ1n) is 17.8. The van der Waals surface area contributed by atoms with E-state index in [0.717, 1.165) is 17.1 Å². The Bertz CT molecular complexity index is 2720. The molecule has 0 bridgehead atoms. The zero-order chi connectivity index (χ0) is 34.4. The highest BCUT2D eigenvalue weighted by Crippen LogP contribution is 2.51. The third kappa shape index (κ3) is 5.38. The topological polar surface area (TPSA) is 15.3 Å². The number of hydrogen-bond donors (Lipinski definition) is 1. The van der Waals surface area contributed by atoms with Gasteiger partial charge in [0.25, 0.3) is 0 Å². The third-order valence-electron chi connectivity index (χ3n) is 10.3. The minimum Gasteiger partial charge on any atom is -0.368 e. The molecule has 0 spiro atoms. The lowest BCUT2D eigenvalue weighted by Gasteiger charge is -2.27. The maximum absolute atomic E-state index is 3.88. The fourth-order valence-electron chi connectivity index (χ4n) is 7.68. The molecule has 1 aliphatic heterocycles. The molecule has 9 aromatic carbocycles. The quantitative estimate of drug-likeness (QED) is 0.176. The molecule has 2 nitrogen and oxygen atoms in total. The molecular formula is C49H34N2S. The molecule has 1 atom stereocenters. The van der Waals surface area contributed by atoms with E-state index in [-0.39, 0.29) is 5.37 Å². The molecule has 10 rings (SSSR count). The molecule has 0 aromatic heterocycles. The van der Waals surface area contributed by atoms with Crippen LogP contribution >= 0.6 is 11.8 Å². The first-order valence-corrected chi connectivity index (χ1v) is 18.7. The predicted octanol–water partition coefficient (Wildman–Crippen LogP) is 14.2. The molecule has 246 valence electrons. The van der Waals surface area contributed by atoms with Gasteiger partial charge in [0.05, 0.1) is 11.4 Å². The standard InChI is InChI=1S/C49H34N2S/c1-3-10-33(11-4-1)34-22-27-41(28-23-34)51(45-17-9-15-36-12-7-8-16-43(36)45)42-29-24-35(25-30-42)40-21-19-37-18-20-38-26-31-46-48(47(38)44(37)32-40)50-49(52-46)39-13-5-2-6-14-39/h1-32,49-50H. The SMILES string of the molecule is c1ccc(-c2ccc(N(c3ccc(-c4ccc5ccc6ccc7c(c6c5c4)NC(c4ccccc4)S7)cc3)c3cccc4ccccc34)cc2)cc1. The summed E-state index contributed by atoms with van der Waals surface area (Å²) < 4.78 is 0. The largest absolute Gasteiger partial charge is 0.368 e. The van der Waals surface area contributed by atoms with E-state index in [1.165, 1.54) is 70.7 Å². The van der Waals surface area contributed by atoms with Crippen molar-refractivity contribution in [2.75, 3.05) is 10.2 Å². The van der Waals surface area contributed by atoms with Crippen LogP contribution in [0.2, 0.25) is 0 Å². The summed E-state index contributed by atoms with van der Waals surface area (Å²) in [5, 5.41) is 11.6. The summed E-state index contributed by atoms with van der Waals surface area (Å²) in [6, 6.07) is 70.4. The molecule has 0 amide bonds. The molecule has 9 aromatic rings. The average molecular weight is 683 g/mol. The molecule has 0 saturated carbocycles. The fraction of sp³-hybridized carbons (Fsp3) is 0.0204. The molecule has 0 aliphatic carbocycles. The molecule has 52 heavy (non-hydrogen) atoms. The van der Waals surface area contributed by atoms with Gasteiger partial charge in [-0.1, -0.05) is 163 Å². The number of benzene rings is 9. The van der Waals surface area contributed by atoms with E-state index < -0.39 is 0 Å². The van der Waals surface area contributed by atoms with Crippen LogP contribution in [0, 0.1) is 0 Å². The van der Waals surface area contributed by atoms with E-state index >= 15 is 0 Å². The van der Waals surface area contributed by atoms with Gasteiger partial charge in [0, 0.05) is 27.0 Å². The number of nitrogens with zero attached hydrogens (tertiary/aromatic N) is 1. The Morgan fingerprint density at radius 2 is 0.981 bits per heavy atom. The van der Waals surface area contributed by atoms with Gasteiger partial charge in [-0.2, -0.15) is 0 Å². The monoisotopic (exact) mass is 682 g/mol. The van der Waals surface area contributed by atoms with E-state index in [0.29, 0.717) is 0 Å². The van der Waals surface area contributed by atoms with Gasteiger partial charge in [-0.05, 0) is 91.8 Å². The van der Waals surface area contributed by atoms with Crippen molar-refractivity contribution in [1.82, 2.24) is 0 Å². The van der Waals surface area contributed by atoms with Gasteiger partial charge in [-0.3, -0.25) is 0 Å². The van der Waals surface area contributed by atoms with Crippen LogP contribution in [0.1, 0.15) is 10.9 Å². The van der Waals surface area contributed by atoms with Crippen LogP contribution in [0.25, 0.3) is 54.6 Å². The molecule has 1 heterocycles. The number of rotatable bonds is 6. The summed E-state index contributed by atoms with van der Waals surface area (Å²) in [5.74, 6) is 0. The fourth-order valence-corrected chi connectivity index (χ4v) is 8.83. The lowest BCUT2D eigenvalue weighted by atomic mass is 9.96. The number of thioether (sulfide) groups is 1. The maximum Gasteiger partial charge on any atom is 0.103 e. The summed E-state index contributed by atoms with van der Waals surface area (Å²) in [5.41, 5.74) is 10.7. The predicted molar refractivity (Wildman–Crippen MR) is 223 cm³/mol. The van der Waals surface area contributed by atoms with Gasteiger partial charge in [0.2, 0.25) is 0 Å². The second kappa shape index (κ2) is 12.8. The molecule has 1 N–H and O–H groups in total. The second-order valence-electron chi connectivity index (χ2n) is 13.4. The Morgan fingerprint density at radius 3 is 1.75 bits per heavy atom. The van der Waals surface area contributed by atoms with Crippen molar-refractivity contribution >= 4 is 66.8 Å². The van der Waals surface area contributed by atoms with Gasteiger partial charge >= 0.3 is 0 Å². The Balaban J connectivity index is 1.05. The first-order chi connectivity index (χ1) is 25.8. The molecular weight excluding hydrogens is 649 g/mol. The van der Waals surface area contributed by atoms with E-state index in [1.54, 1.807) is 0 Å². The molecule has 1 unspecified atom stereocenters. The maximum atomic E-state index is 3.88. The van der Waals surface area contributed by atoms with E-state index in [2.05, 4.69) is 204 Å². The Hall–Kier alpha value is -6.29. The van der Waals surface area contributed by atoms with Crippen molar-refractivity contribution in [3.63, 3.8) is 0 Å². The van der Waals surface area contributed by atoms with Crippen LogP contribution in [0.15, 0.2) is 199 Å². The van der Waals surface area contributed by atoms with Crippen molar-refractivity contribution in [3.8, 4) is 22.3 Å². The summed E-state index contributed by atoms with van der Waals surface area (Å²) >= 11 is 1.90. The average Bonchev–Trinajstić information content (AvgIpc) is 3.67. The van der Waals surface area contributed by atoms with Crippen LogP contribution in [0.3, 0.4) is 0 Å². The number of hydrogen-bond acceptors (Lipinski definition) is 3. The number of nitrogens with one attached hydrogen (secondary N) is 1. The zero-order valence-corrected chi connectivity index (χ0v) is 29.2. The summed E-state index contributed by atoms with van der Waals surface area (Å²) in [4.78, 5) is 3.68. The summed E-state index contributed by atoms with van der Waals surface area (Å²) in [6.45, 7) is 0. The minimum absolute atomic E-state index is 0.201. The van der Waals surface area contributed by atoms with E-state index in [9.17, 15) is 0 Å². The molecule has 0 radical (unpaired) electrons. The van der Waals surface area contributed by atoms with Crippen molar-refractivity contribution < 1.29 is 0 Å². The van der Waals surface area contributed by atoms with Gasteiger partial charge in [-0.25, -0.2) is 0 Å². The highest BCUT2D eigenvalue weighted by atomic mass is 32.2. The lowest BCUT2D eigenvalue weighted by Crippen LogP contribution is -2.10. The van der Waals surface area contributed by atoms with Gasteiger partial charge in [0.1, 0.15) is 5.37 Å². The van der Waals surface area contributed by atoms with Crippen LogP contribution in [-0.4, -0.2) is 0 Å². The summed E-state index contributed by atoms with van der Waals surface area (Å²) in [7, 11) is 0. The third-order valence-corrected chi connectivity index (χ3v) is 11.5. The van der Waals surface area contributed by atoms with Crippen molar-refractivity contribution in [2.24, 2.45) is 0 Å². The van der Waals surface area contributed by atoms with E-state index in [4.69, 9.17) is 0 Å². The number of anilines is 4. The highest BCUT2D eigenvalue weighted by Gasteiger charge is 2.25. The van der Waals surface area contributed by atoms with Crippen molar-refractivity contribution in [3.05, 3.63) is 200 Å². The molecule has 3 heteroatoms. The second-order valence-corrected chi connectivity index (χ2v) is 14.5. The van der Waals surface area contributed by atoms with E-state index in [1.807, 2.05) is 11.8 Å². The normalized spacial score (nSPS) is 13.7. The summed E-state index contributed by atoms with van der Waals surface area (Å²) in [6.07, 6.45) is 0. The Labute approximate surface area is 308 Å². The van der Waals surface area contributed by atoms with Crippen LogP contribution in [-0.2, 0) is 0 Å². The zero-order valence-electron chi connectivity index (χ0n) is 28.4. The molecule has 1 aliphatic rings. The smallest absolute Gasteiger partial charge is 0.103 e. The Morgan fingerprint density at radius 1 is 0.423 bits per heavy atom. The van der Waals surface area contributed by atoms with Gasteiger partial charge in [0.15, 0.2) is 0 Å². The van der Waals surface area contributed by atoms with Gasteiger partial charge < -0.3 is 10.2 Å². The van der Waals surface area contributed by atoms with Crippen LogP contribution in [0.5, 0.6) is 0 Å².